The van der Waals surface area contributed by atoms with E-state index in [1.165, 1.54) is 24.3 Å². The second-order valence-electron chi connectivity index (χ2n) is 7.42. The lowest BCUT2D eigenvalue weighted by Crippen LogP contribution is -2.34. The summed E-state index contributed by atoms with van der Waals surface area (Å²) >= 11 is 21.4. The Labute approximate surface area is 225 Å². The SMILES string of the molecule is CC(CSCC(F)(F)F)NC(=O)c1ccc(/C=C/C(c2cc(Cl)c(Cl)c(Cl)c2)C(F)(F)F)cc1Br. The molecule has 0 spiro atoms. The molecule has 1 N–H and O–H groups in total. The number of amides is 1. The van der Waals surface area contributed by atoms with Crippen LogP contribution in [0.1, 0.15) is 34.3 Å². The van der Waals surface area contributed by atoms with Gasteiger partial charge in [0, 0.05) is 16.3 Å². The van der Waals surface area contributed by atoms with E-state index in [4.69, 9.17) is 34.8 Å². The molecule has 0 aliphatic rings. The molecule has 192 valence electrons. The van der Waals surface area contributed by atoms with Gasteiger partial charge in [-0.15, -0.1) is 0 Å². The first kappa shape index (κ1) is 30.2. The van der Waals surface area contributed by atoms with Crippen LogP contribution in [-0.4, -0.2) is 35.8 Å². The van der Waals surface area contributed by atoms with Crippen LogP contribution in [0.2, 0.25) is 15.1 Å². The first-order valence-corrected chi connectivity index (χ1v) is 12.8. The van der Waals surface area contributed by atoms with E-state index in [-0.39, 0.29) is 31.9 Å². The standard InChI is InChI=1S/C22H17BrCl3F6NOS/c1-11(9-35-10-21(27,28)29)33-20(34)14-4-2-12(6-16(14)23)3-5-15(22(30,31)32)13-7-17(24)19(26)18(25)8-13/h2-8,11,15H,9-10H2,1H3,(H,33,34)/b5-3+. The molecular weight excluding hydrogens is 627 g/mol. The molecule has 0 saturated heterocycles. The monoisotopic (exact) mass is 641 g/mol. The van der Waals surface area contributed by atoms with Crippen molar-refractivity contribution in [2.45, 2.75) is 31.2 Å². The van der Waals surface area contributed by atoms with Gasteiger partial charge in [0.05, 0.1) is 32.3 Å². The number of thioether (sulfide) groups is 1. The summed E-state index contributed by atoms with van der Waals surface area (Å²) in [4.78, 5) is 12.4. The third-order valence-electron chi connectivity index (χ3n) is 4.45. The van der Waals surface area contributed by atoms with E-state index in [0.29, 0.717) is 21.8 Å². The second-order valence-corrected chi connectivity index (χ2v) is 10.5. The van der Waals surface area contributed by atoms with Crippen molar-refractivity contribution in [2.75, 3.05) is 11.5 Å². The first-order chi connectivity index (χ1) is 16.1. The minimum atomic E-state index is -4.64. The third-order valence-corrected chi connectivity index (χ3v) is 7.57. The van der Waals surface area contributed by atoms with Crippen molar-refractivity contribution < 1.29 is 31.1 Å². The van der Waals surface area contributed by atoms with E-state index >= 15 is 0 Å². The zero-order valence-electron chi connectivity index (χ0n) is 17.7. The van der Waals surface area contributed by atoms with Crippen molar-refractivity contribution in [3.63, 3.8) is 0 Å². The molecule has 13 heteroatoms. The number of benzene rings is 2. The molecule has 1 amide bonds. The molecule has 0 heterocycles. The molecule has 35 heavy (non-hydrogen) atoms. The van der Waals surface area contributed by atoms with E-state index in [1.807, 2.05) is 0 Å². The molecule has 2 unspecified atom stereocenters. The maximum Gasteiger partial charge on any atom is 0.399 e. The van der Waals surface area contributed by atoms with E-state index in [9.17, 15) is 31.1 Å². The van der Waals surface area contributed by atoms with Gasteiger partial charge >= 0.3 is 12.4 Å². The van der Waals surface area contributed by atoms with Crippen molar-refractivity contribution >= 4 is 74.5 Å². The molecule has 0 bridgehead atoms. The molecule has 2 rings (SSSR count). The Hall–Kier alpha value is -1.07. The molecular formula is C22H17BrCl3F6NOS. The van der Waals surface area contributed by atoms with Crippen molar-refractivity contribution in [1.29, 1.82) is 0 Å². The number of nitrogens with one attached hydrogen (secondary N) is 1. The molecule has 0 radical (unpaired) electrons. The Bertz CT molecular complexity index is 1070. The van der Waals surface area contributed by atoms with Crippen LogP contribution in [0, 0.1) is 0 Å². The van der Waals surface area contributed by atoms with Crippen LogP contribution in [0.3, 0.4) is 0 Å². The zero-order valence-corrected chi connectivity index (χ0v) is 22.4. The first-order valence-electron chi connectivity index (χ1n) is 9.72. The maximum absolute atomic E-state index is 13.7. The molecule has 2 atom stereocenters. The van der Waals surface area contributed by atoms with Crippen LogP contribution in [0.25, 0.3) is 6.08 Å². The number of hydrogen-bond acceptors (Lipinski definition) is 2. The second kappa shape index (κ2) is 12.4. The van der Waals surface area contributed by atoms with Gasteiger partial charge in [-0.3, -0.25) is 4.79 Å². The minimum Gasteiger partial charge on any atom is -0.349 e. The van der Waals surface area contributed by atoms with Crippen LogP contribution in [0.5, 0.6) is 0 Å². The largest absolute Gasteiger partial charge is 0.399 e. The molecule has 2 aromatic rings. The van der Waals surface area contributed by atoms with Gasteiger partial charge in [-0.2, -0.15) is 38.1 Å². The fraction of sp³-hybridized carbons (Fsp3) is 0.318. The van der Waals surface area contributed by atoms with Crippen molar-refractivity contribution in [3.05, 3.63) is 72.6 Å². The lowest BCUT2D eigenvalue weighted by atomic mass is 9.97. The summed E-state index contributed by atoms with van der Waals surface area (Å²) < 4.78 is 78.2. The molecule has 0 aliphatic heterocycles. The Morgan fingerprint density at radius 1 is 1.09 bits per heavy atom. The number of alkyl halides is 6. The summed E-state index contributed by atoms with van der Waals surface area (Å²) in [5, 5.41) is 2.32. The highest BCUT2D eigenvalue weighted by Gasteiger charge is 2.39. The summed E-state index contributed by atoms with van der Waals surface area (Å²) in [5.74, 6) is -3.52. The van der Waals surface area contributed by atoms with Crippen molar-refractivity contribution in [2.24, 2.45) is 0 Å². The number of halogens is 10. The lowest BCUT2D eigenvalue weighted by Gasteiger charge is -2.18. The van der Waals surface area contributed by atoms with E-state index in [2.05, 4.69) is 21.2 Å². The van der Waals surface area contributed by atoms with Crippen LogP contribution >= 0.6 is 62.5 Å². The number of carbonyl (C=O) groups excluding carboxylic acids is 1. The lowest BCUT2D eigenvalue weighted by molar-refractivity contribution is -0.139. The summed E-state index contributed by atoms with van der Waals surface area (Å²) in [5.41, 5.74) is 0.349. The summed E-state index contributed by atoms with van der Waals surface area (Å²) in [6.07, 6.45) is -6.78. The Kier molecular flexibility index (Phi) is 10.7. The highest BCUT2D eigenvalue weighted by atomic mass is 79.9. The van der Waals surface area contributed by atoms with Gasteiger partial charge in [-0.25, -0.2) is 0 Å². The number of hydrogen-bond donors (Lipinski definition) is 1. The number of rotatable bonds is 8. The van der Waals surface area contributed by atoms with Gasteiger partial charge in [0.25, 0.3) is 5.91 Å². The predicted octanol–water partition coefficient (Wildman–Crippen LogP) is 9.18. The summed E-state index contributed by atoms with van der Waals surface area (Å²) in [6, 6.07) is 5.93. The normalized spacial score (nSPS) is 14.3. The summed E-state index contributed by atoms with van der Waals surface area (Å²) in [6.45, 7) is 1.57. The minimum absolute atomic E-state index is 0.0481. The van der Waals surface area contributed by atoms with E-state index in [1.54, 1.807) is 6.92 Å². The molecule has 2 aromatic carbocycles. The van der Waals surface area contributed by atoms with Gasteiger partial charge in [-0.05, 0) is 58.2 Å². The van der Waals surface area contributed by atoms with Crippen LogP contribution in [0.15, 0.2) is 40.9 Å². The molecule has 0 fully saturated rings. The average Bonchev–Trinajstić information content (AvgIpc) is 2.70. The van der Waals surface area contributed by atoms with Crippen molar-refractivity contribution in [1.82, 2.24) is 5.32 Å². The van der Waals surface area contributed by atoms with Crippen LogP contribution in [-0.2, 0) is 0 Å². The topological polar surface area (TPSA) is 29.1 Å². The summed E-state index contributed by atoms with van der Waals surface area (Å²) in [7, 11) is 0. The Balaban J connectivity index is 2.16. The number of allylic oxidation sites excluding steroid dienone is 1. The van der Waals surface area contributed by atoms with Gasteiger partial charge in [0.2, 0.25) is 0 Å². The molecule has 0 saturated carbocycles. The highest BCUT2D eigenvalue weighted by Crippen LogP contribution is 2.41. The fourth-order valence-corrected chi connectivity index (χ4v) is 4.86. The fourth-order valence-electron chi connectivity index (χ4n) is 2.89. The number of carbonyl (C=O) groups is 1. The molecule has 0 aliphatic carbocycles. The van der Waals surface area contributed by atoms with Gasteiger partial charge in [-0.1, -0.05) is 53.0 Å². The van der Waals surface area contributed by atoms with Crippen LogP contribution < -0.4 is 5.32 Å². The predicted molar refractivity (Wildman–Crippen MR) is 134 cm³/mol. The van der Waals surface area contributed by atoms with E-state index < -0.39 is 36.0 Å². The molecule has 0 aromatic heterocycles. The Morgan fingerprint density at radius 3 is 2.20 bits per heavy atom. The highest BCUT2D eigenvalue weighted by molar-refractivity contribution is 9.10. The maximum atomic E-state index is 13.7. The van der Waals surface area contributed by atoms with E-state index in [0.717, 1.165) is 18.2 Å². The average molecular weight is 644 g/mol. The van der Waals surface area contributed by atoms with Gasteiger partial charge < -0.3 is 5.32 Å². The smallest absolute Gasteiger partial charge is 0.349 e. The Morgan fingerprint density at radius 2 is 1.69 bits per heavy atom. The van der Waals surface area contributed by atoms with Gasteiger partial charge in [0.1, 0.15) is 0 Å². The van der Waals surface area contributed by atoms with Crippen molar-refractivity contribution in [3.8, 4) is 0 Å². The van der Waals surface area contributed by atoms with Crippen LogP contribution in [0.4, 0.5) is 26.3 Å². The quantitative estimate of drug-likeness (QED) is 0.230. The van der Waals surface area contributed by atoms with Gasteiger partial charge in [0.15, 0.2) is 0 Å². The zero-order chi connectivity index (χ0) is 26.6. The molecule has 2 nitrogen and oxygen atoms in total. The third kappa shape index (κ3) is 9.39.